The van der Waals surface area contributed by atoms with Crippen molar-refractivity contribution < 1.29 is 29.2 Å². The first-order valence-electron chi connectivity index (χ1n) is 10.6. The van der Waals surface area contributed by atoms with Crippen LogP contribution in [0.1, 0.15) is 36.1 Å². The minimum Gasteiger partial charge on any atom is -0.488 e. The van der Waals surface area contributed by atoms with Gasteiger partial charge in [-0.2, -0.15) is 0 Å². The van der Waals surface area contributed by atoms with Gasteiger partial charge < -0.3 is 24.4 Å². The summed E-state index contributed by atoms with van der Waals surface area (Å²) in [6.07, 6.45) is -2.91. The summed E-state index contributed by atoms with van der Waals surface area (Å²) in [4.78, 5) is 11.9. The smallest absolute Gasteiger partial charge is 0.335 e. The highest BCUT2D eigenvalue weighted by atomic mass is 16.5. The highest BCUT2D eigenvalue weighted by molar-refractivity contribution is 5.74. The maximum atomic E-state index is 11.9. The number of carbonyl (C=O) groups excluding carboxylic acids is 1. The molecule has 0 spiro atoms. The third kappa shape index (κ3) is 6.57. The Kier molecular flexibility index (Phi) is 8.66. The highest BCUT2D eigenvalue weighted by Gasteiger charge is 2.26. The lowest BCUT2D eigenvalue weighted by atomic mass is 10.0. The summed E-state index contributed by atoms with van der Waals surface area (Å²) < 4.78 is 16.8. The van der Waals surface area contributed by atoms with Crippen LogP contribution in [0.4, 0.5) is 0 Å². The Morgan fingerprint density at radius 3 is 1.75 bits per heavy atom. The largest absolute Gasteiger partial charge is 0.488 e. The monoisotopic (exact) mass is 436 g/mol. The number of rotatable bonds is 11. The van der Waals surface area contributed by atoms with Crippen molar-refractivity contribution in [2.45, 2.75) is 38.8 Å². The summed E-state index contributed by atoms with van der Waals surface area (Å²) >= 11 is 0. The normalized spacial score (nSPS) is 12.6. The first-order valence-corrected chi connectivity index (χ1v) is 10.6. The molecule has 0 bridgehead atoms. The van der Waals surface area contributed by atoms with Crippen molar-refractivity contribution in [3.8, 4) is 11.5 Å². The van der Waals surface area contributed by atoms with Crippen molar-refractivity contribution in [3.05, 3.63) is 95.6 Å². The molecule has 0 saturated heterocycles. The van der Waals surface area contributed by atoms with E-state index in [4.69, 9.17) is 14.2 Å². The highest BCUT2D eigenvalue weighted by Crippen LogP contribution is 2.37. The molecule has 0 aliphatic heterocycles. The summed E-state index contributed by atoms with van der Waals surface area (Å²) in [5.41, 5.74) is 2.31. The molecule has 3 aromatic carbocycles. The van der Waals surface area contributed by atoms with E-state index in [1.807, 2.05) is 60.7 Å². The van der Waals surface area contributed by atoms with E-state index in [0.717, 1.165) is 11.1 Å². The van der Waals surface area contributed by atoms with Gasteiger partial charge in [0.2, 0.25) is 0 Å². The van der Waals surface area contributed by atoms with Gasteiger partial charge in [0.25, 0.3) is 0 Å². The molecule has 2 atom stereocenters. The molecule has 0 aromatic heterocycles. The topological polar surface area (TPSA) is 85.2 Å². The molecule has 0 fully saturated rings. The number of hydrogen-bond acceptors (Lipinski definition) is 6. The number of aliphatic hydroxyl groups excluding tert-OH is 2. The van der Waals surface area contributed by atoms with Crippen LogP contribution in [-0.2, 0) is 22.7 Å². The molecule has 0 radical (unpaired) electrons. The molecular formula is C26H28O6. The number of esters is 1. The molecule has 0 amide bonds. The van der Waals surface area contributed by atoms with E-state index < -0.39 is 18.2 Å². The predicted octanol–water partition coefficient (Wildman–Crippen LogP) is 4.19. The predicted molar refractivity (Wildman–Crippen MR) is 120 cm³/mol. The maximum Gasteiger partial charge on any atom is 0.335 e. The first-order chi connectivity index (χ1) is 15.6. The lowest BCUT2D eigenvalue weighted by Crippen LogP contribution is -2.25. The average Bonchev–Trinajstić information content (AvgIpc) is 2.82. The van der Waals surface area contributed by atoms with Gasteiger partial charge in [-0.15, -0.1) is 0 Å². The van der Waals surface area contributed by atoms with Crippen molar-refractivity contribution in [1.29, 1.82) is 0 Å². The van der Waals surface area contributed by atoms with Gasteiger partial charge in [-0.3, -0.25) is 0 Å². The standard InChI is InChI=1S/C26H28O6/c1-2-30-26(29)22(28)16-21(27)25-23(31-17-19-10-5-3-6-11-19)14-9-15-24(25)32-18-20-12-7-4-8-13-20/h3-15,21-22,27-28H,2,16-18H2,1H3. The van der Waals surface area contributed by atoms with E-state index in [1.165, 1.54) is 0 Å². The Morgan fingerprint density at radius 2 is 1.28 bits per heavy atom. The van der Waals surface area contributed by atoms with Gasteiger partial charge in [-0.1, -0.05) is 66.7 Å². The van der Waals surface area contributed by atoms with E-state index in [-0.39, 0.29) is 13.0 Å². The molecule has 2 N–H and O–H groups in total. The van der Waals surface area contributed by atoms with Crippen molar-refractivity contribution in [2.75, 3.05) is 6.61 Å². The van der Waals surface area contributed by atoms with Crippen LogP contribution in [0.25, 0.3) is 0 Å². The van der Waals surface area contributed by atoms with Crippen LogP contribution in [-0.4, -0.2) is 28.9 Å². The van der Waals surface area contributed by atoms with E-state index in [0.29, 0.717) is 30.3 Å². The molecule has 3 aromatic rings. The van der Waals surface area contributed by atoms with Gasteiger partial charge in [-0.05, 0) is 30.2 Å². The third-order valence-electron chi connectivity index (χ3n) is 4.84. The number of benzene rings is 3. The van der Waals surface area contributed by atoms with Gasteiger partial charge >= 0.3 is 5.97 Å². The van der Waals surface area contributed by atoms with E-state index in [2.05, 4.69) is 0 Å². The van der Waals surface area contributed by atoms with E-state index in [1.54, 1.807) is 25.1 Å². The van der Waals surface area contributed by atoms with E-state index >= 15 is 0 Å². The van der Waals surface area contributed by atoms with Crippen LogP contribution in [0.2, 0.25) is 0 Å². The quantitative estimate of drug-likeness (QED) is 0.439. The Balaban J connectivity index is 1.83. The molecule has 6 nitrogen and oxygen atoms in total. The maximum absolute atomic E-state index is 11.9. The minimum absolute atomic E-state index is 0.147. The number of hydrogen-bond donors (Lipinski definition) is 2. The summed E-state index contributed by atoms with van der Waals surface area (Å²) in [5, 5.41) is 21.1. The second-order valence-corrected chi connectivity index (χ2v) is 7.24. The zero-order valence-electron chi connectivity index (χ0n) is 18.0. The summed E-state index contributed by atoms with van der Waals surface area (Å²) in [5.74, 6) is 0.0620. The molecule has 0 aliphatic carbocycles. The molecule has 0 aliphatic rings. The number of carbonyl (C=O) groups is 1. The lowest BCUT2D eigenvalue weighted by Gasteiger charge is -2.21. The average molecular weight is 437 g/mol. The van der Waals surface area contributed by atoms with Gasteiger partial charge in [0.1, 0.15) is 24.7 Å². The van der Waals surface area contributed by atoms with Crippen molar-refractivity contribution >= 4 is 5.97 Å². The van der Waals surface area contributed by atoms with Gasteiger partial charge in [0.05, 0.1) is 18.3 Å². The Bertz CT molecular complexity index is 912. The molecule has 0 heterocycles. The molecule has 3 rings (SSSR count). The number of ether oxygens (including phenoxy) is 3. The lowest BCUT2D eigenvalue weighted by molar-refractivity contribution is -0.154. The van der Waals surface area contributed by atoms with Crippen molar-refractivity contribution in [3.63, 3.8) is 0 Å². The molecule has 0 saturated carbocycles. The van der Waals surface area contributed by atoms with E-state index in [9.17, 15) is 15.0 Å². The Morgan fingerprint density at radius 1 is 0.781 bits per heavy atom. The van der Waals surface area contributed by atoms with Crippen molar-refractivity contribution in [2.24, 2.45) is 0 Å². The fraction of sp³-hybridized carbons (Fsp3) is 0.269. The zero-order valence-corrected chi connectivity index (χ0v) is 18.0. The zero-order chi connectivity index (χ0) is 22.8. The third-order valence-corrected chi connectivity index (χ3v) is 4.84. The summed E-state index contributed by atoms with van der Waals surface area (Å²) in [6.45, 7) is 2.39. The molecule has 168 valence electrons. The second kappa shape index (κ2) is 11.9. The number of aliphatic hydroxyl groups is 2. The molecule has 2 unspecified atom stereocenters. The van der Waals surface area contributed by atoms with Crippen LogP contribution in [0.5, 0.6) is 11.5 Å². The van der Waals surface area contributed by atoms with Crippen LogP contribution in [0.15, 0.2) is 78.9 Å². The molecule has 6 heteroatoms. The van der Waals surface area contributed by atoms with Crippen LogP contribution < -0.4 is 9.47 Å². The van der Waals surface area contributed by atoms with Gasteiger partial charge in [-0.25, -0.2) is 4.79 Å². The minimum atomic E-state index is -1.46. The Labute approximate surface area is 188 Å². The van der Waals surface area contributed by atoms with Crippen LogP contribution >= 0.6 is 0 Å². The van der Waals surface area contributed by atoms with Gasteiger partial charge in [0.15, 0.2) is 6.10 Å². The first kappa shape index (κ1) is 23.3. The van der Waals surface area contributed by atoms with Crippen LogP contribution in [0.3, 0.4) is 0 Å². The summed E-state index contributed by atoms with van der Waals surface area (Å²) in [6, 6.07) is 24.5. The molecular weight excluding hydrogens is 408 g/mol. The second-order valence-electron chi connectivity index (χ2n) is 7.24. The fourth-order valence-electron chi connectivity index (χ4n) is 3.24. The van der Waals surface area contributed by atoms with Crippen molar-refractivity contribution in [1.82, 2.24) is 0 Å². The molecule has 32 heavy (non-hydrogen) atoms. The Hall–Kier alpha value is -3.35. The summed E-state index contributed by atoms with van der Waals surface area (Å²) in [7, 11) is 0. The van der Waals surface area contributed by atoms with Crippen LogP contribution in [0, 0.1) is 0 Å². The fourth-order valence-corrected chi connectivity index (χ4v) is 3.24. The SMILES string of the molecule is CCOC(=O)C(O)CC(O)c1c(OCc2ccccc2)cccc1OCc1ccccc1. The van der Waals surface area contributed by atoms with Gasteiger partial charge in [0, 0.05) is 6.42 Å².